The first-order valence-electron chi connectivity index (χ1n) is 7.10. The number of alkyl halides is 2. The van der Waals surface area contributed by atoms with Gasteiger partial charge in [0.15, 0.2) is 0 Å². The van der Waals surface area contributed by atoms with Crippen molar-refractivity contribution < 1.29 is 23.2 Å². The molecule has 0 aliphatic rings. The molecule has 0 aliphatic heterocycles. The van der Waals surface area contributed by atoms with Gasteiger partial charge in [0.05, 0.1) is 23.7 Å². The van der Waals surface area contributed by atoms with Gasteiger partial charge in [0.2, 0.25) is 0 Å². The highest BCUT2D eigenvalue weighted by Gasteiger charge is 2.20. The van der Waals surface area contributed by atoms with Crippen molar-refractivity contribution in [2.45, 2.75) is 26.3 Å². The third kappa shape index (κ3) is 9.82. The molecule has 2 N–H and O–H groups in total. The van der Waals surface area contributed by atoms with Gasteiger partial charge in [-0.05, 0) is 13.8 Å². The van der Waals surface area contributed by atoms with Gasteiger partial charge in [-0.15, -0.1) is 33.0 Å². The lowest BCUT2D eigenvalue weighted by molar-refractivity contribution is 0.110. The van der Waals surface area contributed by atoms with Gasteiger partial charge in [-0.1, -0.05) is 0 Å². The summed E-state index contributed by atoms with van der Waals surface area (Å²) in [4.78, 5) is 44.2. The van der Waals surface area contributed by atoms with Crippen molar-refractivity contribution in [3.8, 4) is 0 Å². The fourth-order valence-corrected chi connectivity index (χ4v) is 2.46. The molecule has 13 nitrogen and oxygen atoms in total. The van der Waals surface area contributed by atoms with E-state index in [0.717, 1.165) is 0 Å². The largest absolute Gasteiger partial charge is 0.342 e. The Bertz CT molecular complexity index is 474. The topological polar surface area (TPSA) is 159 Å². The number of rotatable bonds is 12. The van der Waals surface area contributed by atoms with Crippen LogP contribution in [-0.2, 0) is 13.6 Å². The number of hydrogen-bond donors (Lipinski definition) is 2. The van der Waals surface area contributed by atoms with E-state index in [0.29, 0.717) is 10.0 Å². The molecule has 2 unspecified atom stereocenters. The lowest BCUT2D eigenvalue weighted by Gasteiger charge is -2.20. The average Bonchev–Trinajstić information content (AvgIpc) is 2.56. The third-order valence-electron chi connectivity index (χ3n) is 2.46. The van der Waals surface area contributed by atoms with Crippen LogP contribution < -0.4 is 10.6 Å². The van der Waals surface area contributed by atoms with Crippen LogP contribution in [0.1, 0.15) is 13.8 Å². The van der Waals surface area contributed by atoms with Crippen LogP contribution in [0.15, 0.2) is 10.6 Å². The molecule has 0 radical (unpaired) electrons. The van der Waals surface area contributed by atoms with Crippen LogP contribution in [0.2, 0.25) is 0 Å². The number of halogens is 2. The van der Waals surface area contributed by atoms with Gasteiger partial charge in [-0.25, -0.2) is 9.59 Å². The number of amides is 4. The normalized spacial score (nSPS) is 13.8. The van der Waals surface area contributed by atoms with Gasteiger partial charge in [-0.3, -0.25) is 13.6 Å². The smallest absolute Gasteiger partial charge is 0.311 e. The van der Waals surface area contributed by atoms with Gasteiger partial charge < -0.3 is 10.6 Å². The van der Waals surface area contributed by atoms with Crippen molar-refractivity contribution in [2.24, 2.45) is 10.6 Å². The maximum Gasteiger partial charge on any atom is 0.342 e. The monoisotopic (exact) mass is 436 g/mol. The van der Waals surface area contributed by atoms with E-state index in [2.05, 4.69) is 21.2 Å². The van der Waals surface area contributed by atoms with Crippen molar-refractivity contribution >= 4 is 43.5 Å². The molecular weight excluding hydrogens is 418 g/mol. The molecular formula is C10H19Cl2N6O7P. The summed E-state index contributed by atoms with van der Waals surface area (Å²) >= 11 is 10.8. The van der Waals surface area contributed by atoms with E-state index in [9.17, 15) is 24.0 Å². The molecule has 4 amide bonds. The predicted octanol–water partition coefficient (Wildman–Crippen LogP) is 1.96. The van der Waals surface area contributed by atoms with Crippen molar-refractivity contribution in [1.29, 1.82) is 0 Å². The van der Waals surface area contributed by atoms with Crippen molar-refractivity contribution in [1.82, 2.24) is 20.7 Å². The molecule has 150 valence electrons. The van der Waals surface area contributed by atoms with Crippen LogP contribution in [-0.4, -0.2) is 59.4 Å². The summed E-state index contributed by atoms with van der Waals surface area (Å²) in [5.74, 6) is -0.0244. The van der Waals surface area contributed by atoms with Crippen LogP contribution in [0.25, 0.3) is 0 Å². The molecule has 0 aromatic heterocycles. The summed E-state index contributed by atoms with van der Waals surface area (Å²) in [7, 11) is -3.15. The molecule has 0 aromatic carbocycles. The summed E-state index contributed by atoms with van der Waals surface area (Å²) < 4.78 is 21.6. The molecule has 2 atom stereocenters. The number of nitroso groups, excluding NO2 is 2. The number of nitrogens with one attached hydrogen (secondary N) is 2. The lowest BCUT2D eigenvalue weighted by Crippen LogP contribution is -2.43. The van der Waals surface area contributed by atoms with E-state index in [1.165, 1.54) is 13.8 Å². The SMILES string of the molecule is CC(NC(=O)N(CCCl)N=O)O[PH](=O)OC(C)NC(=O)N(CCCl)N=O. The number of carbonyl (C=O) groups is 2. The van der Waals surface area contributed by atoms with Crippen LogP contribution in [0.4, 0.5) is 9.59 Å². The van der Waals surface area contributed by atoms with Crippen LogP contribution in [0.3, 0.4) is 0 Å². The highest BCUT2D eigenvalue weighted by molar-refractivity contribution is 7.33. The Hall–Kier alpha value is -1.53. The number of hydrogen-bond acceptors (Lipinski definition) is 9. The zero-order chi connectivity index (χ0) is 20.1. The van der Waals surface area contributed by atoms with E-state index in [1.54, 1.807) is 0 Å². The van der Waals surface area contributed by atoms with E-state index in [4.69, 9.17) is 32.2 Å². The Morgan fingerprint density at radius 1 is 0.962 bits per heavy atom. The predicted molar refractivity (Wildman–Crippen MR) is 93.6 cm³/mol. The molecule has 0 saturated carbocycles. The molecule has 0 heterocycles. The maximum absolute atomic E-state index is 11.8. The summed E-state index contributed by atoms with van der Waals surface area (Å²) in [6, 6.07) is -1.81. The minimum atomic E-state index is -3.15. The van der Waals surface area contributed by atoms with E-state index >= 15 is 0 Å². The van der Waals surface area contributed by atoms with Crippen LogP contribution >= 0.6 is 31.5 Å². The molecule has 0 bridgehead atoms. The molecule has 0 saturated heterocycles. The molecule has 0 spiro atoms. The maximum atomic E-state index is 11.8. The van der Waals surface area contributed by atoms with Crippen LogP contribution in [0, 0.1) is 9.81 Å². The Morgan fingerprint density at radius 2 is 1.31 bits per heavy atom. The number of nitrogens with zero attached hydrogens (tertiary/aromatic N) is 4. The Balaban J connectivity index is 4.38. The van der Waals surface area contributed by atoms with Gasteiger partial charge in [0.1, 0.15) is 12.5 Å². The minimum absolute atomic E-state index is 0.0122. The number of urea groups is 2. The van der Waals surface area contributed by atoms with Gasteiger partial charge >= 0.3 is 20.3 Å². The third-order valence-corrected chi connectivity index (χ3v) is 3.89. The number of carbonyl (C=O) groups excluding carboxylic acids is 2. The molecule has 16 heteroatoms. The Labute approximate surface area is 159 Å². The van der Waals surface area contributed by atoms with E-state index in [1.807, 2.05) is 0 Å². The summed E-state index contributed by atoms with van der Waals surface area (Å²) in [5, 5.41) is 10.4. The summed E-state index contributed by atoms with van der Waals surface area (Å²) in [5.41, 5.74) is 0. The van der Waals surface area contributed by atoms with Crippen molar-refractivity contribution in [2.75, 3.05) is 24.8 Å². The zero-order valence-corrected chi connectivity index (χ0v) is 16.4. The Morgan fingerprint density at radius 3 is 1.58 bits per heavy atom. The van der Waals surface area contributed by atoms with Crippen molar-refractivity contribution in [3.63, 3.8) is 0 Å². The molecule has 26 heavy (non-hydrogen) atoms. The quantitative estimate of drug-likeness (QED) is 0.155. The molecule has 0 rings (SSSR count). The zero-order valence-electron chi connectivity index (χ0n) is 13.9. The first-order valence-corrected chi connectivity index (χ1v) is 9.40. The second kappa shape index (κ2) is 13.6. The van der Waals surface area contributed by atoms with Crippen molar-refractivity contribution in [3.05, 3.63) is 9.81 Å². The standard InChI is InChI=1S/C10H19Cl2N6O7P/c1-7(13-9(19)17(15-21)5-3-11)24-26(23)25-8(2)14-10(20)18(16-22)6-4-12/h7-8,26H,3-6H2,1-2H3,(H,13,19)(H,14,20). The van der Waals surface area contributed by atoms with E-state index in [-0.39, 0.29) is 24.8 Å². The summed E-state index contributed by atoms with van der Waals surface area (Å²) in [6.45, 7) is 2.41. The fraction of sp³-hybridized carbons (Fsp3) is 0.800. The lowest BCUT2D eigenvalue weighted by atomic mass is 10.6. The highest BCUT2D eigenvalue weighted by Crippen LogP contribution is 2.26. The van der Waals surface area contributed by atoms with E-state index < -0.39 is 32.8 Å². The highest BCUT2D eigenvalue weighted by atomic mass is 35.5. The molecule has 0 fully saturated rings. The fourth-order valence-electron chi connectivity index (χ4n) is 1.39. The van der Waals surface area contributed by atoms with Gasteiger partial charge in [0.25, 0.3) is 0 Å². The first kappa shape index (κ1) is 24.5. The molecule has 0 aliphatic carbocycles. The Kier molecular flexibility index (Phi) is 12.8. The molecule has 0 aromatic rings. The second-order valence-electron chi connectivity index (χ2n) is 4.46. The minimum Gasteiger partial charge on any atom is -0.311 e. The second-order valence-corrected chi connectivity index (χ2v) is 6.18. The van der Waals surface area contributed by atoms with Gasteiger partial charge in [0, 0.05) is 11.8 Å². The summed E-state index contributed by atoms with van der Waals surface area (Å²) in [6.07, 6.45) is -2.19. The van der Waals surface area contributed by atoms with Crippen LogP contribution in [0.5, 0.6) is 0 Å². The van der Waals surface area contributed by atoms with Gasteiger partial charge in [-0.2, -0.15) is 10.0 Å². The first-order chi connectivity index (χ1) is 12.3. The average molecular weight is 437 g/mol.